The summed E-state index contributed by atoms with van der Waals surface area (Å²) in [5.41, 5.74) is 7.38. The Morgan fingerprint density at radius 3 is 3.10 bits per heavy atom. The van der Waals surface area contributed by atoms with Crippen molar-refractivity contribution in [3.63, 3.8) is 0 Å². The molecule has 6 heteroatoms. The number of fused-ring (bicyclic) bond motifs is 1. The number of methoxy groups -OCH3 is 1. The molecule has 0 saturated carbocycles. The van der Waals surface area contributed by atoms with Crippen LogP contribution in [0.15, 0.2) is 36.5 Å². The first-order valence-electron chi connectivity index (χ1n) is 6.51. The third-order valence-electron chi connectivity index (χ3n) is 3.36. The van der Waals surface area contributed by atoms with Crippen LogP contribution in [0.25, 0.3) is 0 Å². The topological polar surface area (TPSA) is 86.5 Å². The van der Waals surface area contributed by atoms with Gasteiger partial charge in [-0.15, -0.1) is 0 Å². The second-order valence-corrected chi connectivity index (χ2v) is 4.69. The number of aromatic nitrogens is 1. The summed E-state index contributed by atoms with van der Waals surface area (Å²) in [6.07, 6.45) is 1.44. The van der Waals surface area contributed by atoms with Gasteiger partial charge in [0, 0.05) is 5.56 Å². The minimum absolute atomic E-state index is 0.0113. The molecule has 0 radical (unpaired) electrons. The number of hydrogen-bond donors (Lipinski definition) is 2. The van der Waals surface area contributed by atoms with Gasteiger partial charge in [-0.3, -0.25) is 0 Å². The van der Waals surface area contributed by atoms with E-state index in [4.69, 9.17) is 15.2 Å². The van der Waals surface area contributed by atoms with E-state index in [0.717, 1.165) is 11.3 Å². The summed E-state index contributed by atoms with van der Waals surface area (Å²) in [6.45, 7) is 0.513. The molecule has 0 spiro atoms. The summed E-state index contributed by atoms with van der Waals surface area (Å²) in [7, 11) is 1.32. The number of nitrogen functional groups attached to an aromatic ring is 1. The first-order chi connectivity index (χ1) is 10.2. The van der Waals surface area contributed by atoms with Crippen LogP contribution in [0, 0.1) is 0 Å². The van der Waals surface area contributed by atoms with E-state index >= 15 is 0 Å². The molecule has 2 aromatic rings. The molecule has 0 bridgehead atoms. The van der Waals surface area contributed by atoms with Crippen molar-refractivity contribution < 1.29 is 14.3 Å². The Morgan fingerprint density at radius 2 is 2.29 bits per heavy atom. The van der Waals surface area contributed by atoms with E-state index in [1.54, 1.807) is 6.07 Å². The third-order valence-corrected chi connectivity index (χ3v) is 3.36. The predicted molar refractivity (Wildman–Crippen MR) is 78.3 cm³/mol. The van der Waals surface area contributed by atoms with Crippen molar-refractivity contribution in [2.45, 2.75) is 6.04 Å². The van der Waals surface area contributed by atoms with Crippen LogP contribution in [-0.2, 0) is 4.74 Å². The van der Waals surface area contributed by atoms with E-state index < -0.39 is 5.97 Å². The zero-order valence-electron chi connectivity index (χ0n) is 11.5. The average molecular weight is 285 g/mol. The summed E-state index contributed by atoms with van der Waals surface area (Å²) in [4.78, 5) is 15.8. The second kappa shape index (κ2) is 5.32. The lowest BCUT2D eigenvalue weighted by Gasteiger charge is -2.13. The van der Waals surface area contributed by atoms with E-state index in [2.05, 4.69) is 10.3 Å². The molecule has 0 aliphatic carbocycles. The maximum atomic E-state index is 11.6. The van der Waals surface area contributed by atoms with Gasteiger partial charge in [-0.1, -0.05) is 18.2 Å². The van der Waals surface area contributed by atoms with E-state index in [0.29, 0.717) is 18.0 Å². The normalized spacial score (nSPS) is 16.0. The molecule has 2 heterocycles. The molecule has 21 heavy (non-hydrogen) atoms. The number of nitrogens with zero attached hydrogens (tertiary/aromatic N) is 1. The van der Waals surface area contributed by atoms with Crippen LogP contribution >= 0.6 is 0 Å². The molecular formula is C15H15N3O3. The molecule has 1 atom stereocenters. The predicted octanol–water partition coefficient (Wildman–Crippen LogP) is 2.00. The van der Waals surface area contributed by atoms with Gasteiger partial charge in [-0.05, 0) is 12.1 Å². The number of nitrogens with two attached hydrogens (primary N) is 1. The number of pyridine rings is 1. The van der Waals surface area contributed by atoms with Gasteiger partial charge >= 0.3 is 5.97 Å². The van der Waals surface area contributed by atoms with Crippen molar-refractivity contribution in [2.24, 2.45) is 0 Å². The summed E-state index contributed by atoms with van der Waals surface area (Å²) in [5.74, 6) is 0.926. The summed E-state index contributed by atoms with van der Waals surface area (Å²) < 4.78 is 10.3. The highest BCUT2D eigenvalue weighted by Crippen LogP contribution is 2.34. The molecule has 0 saturated heterocycles. The van der Waals surface area contributed by atoms with Gasteiger partial charge in [0.05, 0.1) is 30.6 Å². The van der Waals surface area contributed by atoms with Gasteiger partial charge in [0.2, 0.25) is 0 Å². The highest BCUT2D eigenvalue weighted by atomic mass is 16.5. The van der Waals surface area contributed by atoms with Crippen molar-refractivity contribution in [3.05, 3.63) is 47.7 Å². The zero-order chi connectivity index (χ0) is 14.8. The lowest BCUT2D eigenvalue weighted by atomic mass is 10.1. The van der Waals surface area contributed by atoms with Crippen LogP contribution < -0.4 is 15.8 Å². The number of nitrogens with one attached hydrogen (secondary N) is 1. The van der Waals surface area contributed by atoms with Crippen molar-refractivity contribution in [3.8, 4) is 5.75 Å². The van der Waals surface area contributed by atoms with Gasteiger partial charge < -0.3 is 20.5 Å². The standard InChI is InChI=1S/C15H15N3O3/c1-20-15(19)10-6-14(17-7-11(10)16)18-12-8-21-13-5-3-2-4-9(12)13/h2-7,12H,8,16H2,1H3,(H,17,18). The van der Waals surface area contributed by atoms with E-state index in [1.807, 2.05) is 24.3 Å². The van der Waals surface area contributed by atoms with Crippen molar-refractivity contribution in [1.29, 1.82) is 0 Å². The lowest BCUT2D eigenvalue weighted by molar-refractivity contribution is 0.0602. The number of hydrogen-bond acceptors (Lipinski definition) is 6. The lowest BCUT2D eigenvalue weighted by Crippen LogP contribution is -2.14. The fraction of sp³-hybridized carbons (Fsp3) is 0.200. The van der Waals surface area contributed by atoms with Crippen LogP contribution in [0.5, 0.6) is 5.75 Å². The number of rotatable bonds is 3. The number of benzene rings is 1. The second-order valence-electron chi connectivity index (χ2n) is 4.69. The molecule has 3 N–H and O–H groups in total. The Balaban J connectivity index is 1.85. The van der Waals surface area contributed by atoms with E-state index in [1.165, 1.54) is 13.3 Å². The number of carbonyl (C=O) groups excluding carboxylic acids is 1. The van der Waals surface area contributed by atoms with Crippen LogP contribution in [0.4, 0.5) is 11.5 Å². The monoisotopic (exact) mass is 285 g/mol. The smallest absolute Gasteiger partial charge is 0.340 e. The molecule has 1 unspecified atom stereocenters. The van der Waals surface area contributed by atoms with Crippen LogP contribution in [0.3, 0.4) is 0 Å². The Hall–Kier alpha value is -2.76. The molecule has 6 nitrogen and oxygen atoms in total. The Labute approximate surface area is 121 Å². The number of ether oxygens (including phenoxy) is 2. The molecule has 108 valence electrons. The number of anilines is 2. The summed E-state index contributed by atoms with van der Waals surface area (Å²) in [5, 5.41) is 3.24. The minimum atomic E-state index is -0.485. The average Bonchev–Trinajstić information content (AvgIpc) is 2.92. The Bertz CT molecular complexity index is 688. The van der Waals surface area contributed by atoms with Crippen molar-refractivity contribution in [1.82, 2.24) is 4.98 Å². The number of esters is 1. The molecular weight excluding hydrogens is 270 g/mol. The zero-order valence-corrected chi connectivity index (χ0v) is 11.5. The SMILES string of the molecule is COC(=O)c1cc(NC2COc3ccccc32)ncc1N. The van der Waals surface area contributed by atoms with Gasteiger partial charge in [0.15, 0.2) is 0 Å². The highest BCUT2D eigenvalue weighted by Gasteiger charge is 2.24. The molecule has 0 fully saturated rings. The van der Waals surface area contributed by atoms with Crippen LogP contribution in [0.2, 0.25) is 0 Å². The first kappa shape index (κ1) is 13.2. The van der Waals surface area contributed by atoms with Crippen LogP contribution in [0.1, 0.15) is 22.0 Å². The number of carbonyl (C=O) groups is 1. The molecule has 1 aliphatic heterocycles. The summed E-state index contributed by atoms with van der Waals surface area (Å²) in [6, 6.07) is 9.38. The molecule has 0 amide bonds. The van der Waals surface area contributed by atoms with Crippen LogP contribution in [-0.4, -0.2) is 24.7 Å². The molecule has 1 aromatic carbocycles. The minimum Gasteiger partial charge on any atom is -0.491 e. The molecule has 1 aromatic heterocycles. The van der Waals surface area contributed by atoms with Gasteiger partial charge in [0.1, 0.15) is 18.2 Å². The quantitative estimate of drug-likeness (QED) is 0.839. The van der Waals surface area contributed by atoms with Gasteiger partial charge in [-0.25, -0.2) is 9.78 Å². The third kappa shape index (κ3) is 2.47. The van der Waals surface area contributed by atoms with Crippen molar-refractivity contribution in [2.75, 3.05) is 24.8 Å². The Morgan fingerprint density at radius 1 is 1.48 bits per heavy atom. The van der Waals surface area contributed by atoms with Crippen molar-refractivity contribution >= 4 is 17.5 Å². The Kier molecular flexibility index (Phi) is 3.35. The first-order valence-corrected chi connectivity index (χ1v) is 6.51. The van der Waals surface area contributed by atoms with E-state index in [-0.39, 0.29) is 11.7 Å². The largest absolute Gasteiger partial charge is 0.491 e. The fourth-order valence-electron chi connectivity index (χ4n) is 2.29. The van der Waals surface area contributed by atoms with Gasteiger partial charge in [-0.2, -0.15) is 0 Å². The fourth-order valence-corrected chi connectivity index (χ4v) is 2.29. The summed E-state index contributed by atoms with van der Waals surface area (Å²) >= 11 is 0. The maximum absolute atomic E-state index is 11.6. The maximum Gasteiger partial charge on any atom is 0.340 e. The highest BCUT2D eigenvalue weighted by molar-refractivity contribution is 5.95. The van der Waals surface area contributed by atoms with E-state index in [9.17, 15) is 4.79 Å². The van der Waals surface area contributed by atoms with Gasteiger partial charge in [0.25, 0.3) is 0 Å². The molecule has 1 aliphatic rings. The number of para-hydroxylation sites is 1. The molecule has 3 rings (SSSR count).